The molecule has 27 heavy (non-hydrogen) atoms. The molecule has 142 valence electrons. The van der Waals surface area contributed by atoms with E-state index in [1.807, 2.05) is 24.3 Å². The Morgan fingerprint density at radius 2 is 1.74 bits per heavy atom. The van der Waals surface area contributed by atoms with Crippen molar-refractivity contribution in [2.45, 2.75) is 13.8 Å². The Morgan fingerprint density at radius 1 is 1.07 bits per heavy atom. The summed E-state index contributed by atoms with van der Waals surface area (Å²) in [7, 11) is 1.28. The van der Waals surface area contributed by atoms with Crippen LogP contribution in [0.3, 0.4) is 0 Å². The predicted octanol–water partition coefficient (Wildman–Crippen LogP) is 3.63. The summed E-state index contributed by atoms with van der Waals surface area (Å²) >= 11 is 5.17. The third-order valence-corrected chi connectivity index (χ3v) is 3.67. The second-order valence-electron chi connectivity index (χ2n) is 6.21. The van der Waals surface area contributed by atoms with Crippen LogP contribution in [0.15, 0.2) is 48.5 Å². The summed E-state index contributed by atoms with van der Waals surface area (Å²) in [5.74, 6) is 0.285. The van der Waals surface area contributed by atoms with Gasteiger partial charge in [-0.1, -0.05) is 19.9 Å². The number of esters is 1. The molecule has 0 bridgehead atoms. The number of benzene rings is 2. The largest absolute Gasteiger partial charge is 0.493 e. The van der Waals surface area contributed by atoms with Crippen LogP contribution in [0.4, 0.5) is 5.69 Å². The summed E-state index contributed by atoms with van der Waals surface area (Å²) < 4.78 is 10.3. The molecule has 0 aliphatic carbocycles. The zero-order valence-corrected chi connectivity index (χ0v) is 16.3. The number of ether oxygens (including phenoxy) is 2. The lowest BCUT2D eigenvalue weighted by molar-refractivity contribution is 0.0600. The van der Waals surface area contributed by atoms with E-state index < -0.39 is 11.9 Å². The predicted molar refractivity (Wildman–Crippen MR) is 108 cm³/mol. The van der Waals surface area contributed by atoms with Gasteiger partial charge in [-0.3, -0.25) is 10.1 Å². The van der Waals surface area contributed by atoms with E-state index in [4.69, 9.17) is 17.0 Å². The van der Waals surface area contributed by atoms with Gasteiger partial charge in [0.05, 0.1) is 19.3 Å². The lowest BCUT2D eigenvalue weighted by Crippen LogP contribution is -2.34. The number of hydrogen-bond acceptors (Lipinski definition) is 5. The standard InChI is InChI=1S/C20H22N2O4S/c1-13(2)12-26-17-9-7-16(8-10-17)21-20(27)22-18(23)14-5-4-6-15(11-14)19(24)25-3/h4-11,13H,12H2,1-3H3,(H2,21,22,23,27). The molecule has 0 unspecified atom stereocenters. The van der Waals surface area contributed by atoms with Crippen LogP contribution in [-0.4, -0.2) is 30.7 Å². The lowest BCUT2D eigenvalue weighted by atomic mass is 10.1. The molecule has 0 saturated heterocycles. The zero-order valence-electron chi connectivity index (χ0n) is 15.4. The molecule has 6 nitrogen and oxygen atoms in total. The van der Waals surface area contributed by atoms with Gasteiger partial charge >= 0.3 is 5.97 Å². The topological polar surface area (TPSA) is 76.7 Å². The average molecular weight is 386 g/mol. The first kappa shape index (κ1) is 20.4. The van der Waals surface area contributed by atoms with Crippen LogP contribution < -0.4 is 15.4 Å². The molecule has 0 aromatic heterocycles. The Balaban J connectivity index is 1.93. The van der Waals surface area contributed by atoms with Crippen molar-refractivity contribution in [3.8, 4) is 5.75 Å². The van der Waals surface area contributed by atoms with Crippen molar-refractivity contribution >= 4 is 34.9 Å². The van der Waals surface area contributed by atoms with Crippen molar-refractivity contribution in [3.63, 3.8) is 0 Å². The molecule has 2 aromatic rings. The van der Waals surface area contributed by atoms with Gasteiger partial charge in [0.1, 0.15) is 5.75 Å². The zero-order chi connectivity index (χ0) is 19.8. The highest BCUT2D eigenvalue weighted by Gasteiger charge is 2.12. The number of methoxy groups -OCH3 is 1. The van der Waals surface area contributed by atoms with E-state index in [1.165, 1.54) is 13.2 Å². The maximum atomic E-state index is 12.3. The molecule has 0 radical (unpaired) electrons. The Labute approximate surface area is 163 Å². The maximum absolute atomic E-state index is 12.3. The molecule has 2 N–H and O–H groups in total. The number of carbonyl (C=O) groups is 2. The summed E-state index contributed by atoms with van der Waals surface area (Å²) in [6, 6.07) is 13.5. The molecular weight excluding hydrogens is 364 g/mol. The third-order valence-electron chi connectivity index (χ3n) is 3.47. The summed E-state index contributed by atoms with van der Waals surface area (Å²) in [5, 5.41) is 5.67. The van der Waals surface area contributed by atoms with E-state index in [9.17, 15) is 9.59 Å². The second kappa shape index (κ2) is 9.68. The minimum absolute atomic E-state index is 0.152. The van der Waals surface area contributed by atoms with Crippen LogP contribution in [0.25, 0.3) is 0 Å². The second-order valence-corrected chi connectivity index (χ2v) is 6.62. The highest BCUT2D eigenvalue weighted by Crippen LogP contribution is 2.16. The van der Waals surface area contributed by atoms with Crippen LogP contribution in [0, 0.1) is 5.92 Å². The van der Waals surface area contributed by atoms with Gasteiger partial charge in [0, 0.05) is 11.3 Å². The van der Waals surface area contributed by atoms with Gasteiger partial charge in [0.25, 0.3) is 5.91 Å². The Bertz CT molecular complexity index is 819. The van der Waals surface area contributed by atoms with Crippen molar-refractivity contribution in [2.75, 3.05) is 19.0 Å². The molecule has 0 fully saturated rings. The van der Waals surface area contributed by atoms with Crippen molar-refractivity contribution in [2.24, 2.45) is 5.92 Å². The van der Waals surface area contributed by atoms with Crippen LogP contribution in [0.1, 0.15) is 34.6 Å². The molecule has 0 aliphatic heterocycles. The number of amides is 1. The maximum Gasteiger partial charge on any atom is 0.337 e. The van der Waals surface area contributed by atoms with Crippen LogP contribution in [0.5, 0.6) is 5.75 Å². The Hall–Kier alpha value is -2.93. The first-order valence-corrected chi connectivity index (χ1v) is 8.83. The van der Waals surface area contributed by atoms with Gasteiger partial charge in [0.15, 0.2) is 5.11 Å². The first-order valence-electron chi connectivity index (χ1n) is 8.42. The van der Waals surface area contributed by atoms with Gasteiger partial charge in [-0.25, -0.2) is 4.79 Å². The lowest BCUT2D eigenvalue weighted by Gasteiger charge is -2.12. The number of rotatable bonds is 6. The van der Waals surface area contributed by atoms with Crippen molar-refractivity contribution in [1.82, 2.24) is 5.32 Å². The number of hydrogen-bond donors (Lipinski definition) is 2. The quantitative estimate of drug-likeness (QED) is 0.583. The van der Waals surface area contributed by atoms with Crippen molar-refractivity contribution in [1.29, 1.82) is 0 Å². The molecule has 2 aromatic carbocycles. The van der Waals surface area contributed by atoms with Crippen LogP contribution in [0.2, 0.25) is 0 Å². The summed E-state index contributed by atoms with van der Waals surface area (Å²) in [6.07, 6.45) is 0. The minimum atomic E-state index is -0.509. The molecule has 0 heterocycles. The van der Waals surface area contributed by atoms with E-state index in [0.717, 1.165) is 11.4 Å². The van der Waals surface area contributed by atoms with E-state index in [-0.39, 0.29) is 5.11 Å². The fraction of sp³-hybridized carbons (Fsp3) is 0.250. The molecule has 1 amide bonds. The van der Waals surface area contributed by atoms with Crippen LogP contribution in [-0.2, 0) is 4.74 Å². The van der Waals surface area contributed by atoms with Gasteiger partial charge in [0.2, 0.25) is 0 Å². The van der Waals surface area contributed by atoms with E-state index in [2.05, 4.69) is 29.2 Å². The molecular formula is C20H22N2O4S. The van der Waals surface area contributed by atoms with Gasteiger partial charge in [-0.2, -0.15) is 0 Å². The molecule has 0 atom stereocenters. The third kappa shape index (κ3) is 6.38. The van der Waals surface area contributed by atoms with Gasteiger partial charge in [-0.05, 0) is 60.6 Å². The average Bonchev–Trinajstić information content (AvgIpc) is 2.66. The normalized spacial score (nSPS) is 10.2. The molecule has 0 spiro atoms. The fourth-order valence-corrected chi connectivity index (χ4v) is 2.35. The van der Waals surface area contributed by atoms with E-state index in [0.29, 0.717) is 23.7 Å². The molecule has 0 aliphatic rings. The van der Waals surface area contributed by atoms with Crippen molar-refractivity contribution < 1.29 is 19.1 Å². The summed E-state index contributed by atoms with van der Waals surface area (Å²) in [4.78, 5) is 23.9. The smallest absolute Gasteiger partial charge is 0.337 e. The van der Waals surface area contributed by atoms with Crippen molar-refractivity contribution in [3.05, 3.63) is 59.7 Å². The first-order chi connectivity index (χ1) is 12.9. The van der Waals surface area contributed by atoms with Gasteiger partial charge in [-0.15, -0.1) is 0 Å². The molecule has 7 heteroatoms. The minimum Gasteiger partial charge on any atom is -0.493 e. The summed E-state index contributed by atoms with van der Waals surface area (Å²) in [5.41, 5.74) is 1.32. The number of carbonyl (C=O) groups excluding carboxylic acids is 2. The number of thiocarbonyl (C=S) groups is 1. The highest BCUT2D eigenvalue weighted by molar-refractivity contribution is 7.80. The molecule has 0 saturated carbocycles. The van der Waals surface area contributed by atoms with E-state index in [1.54, 1.807) is 18.2 Å². The number of anilines is 1. The SMILES string of the molecule is COC(=O)c1cccc(C(=O)NC(=S)Nc2ccc(OCC(C)C)cc2)c1. The Kier molecular flexibility index (Phi) is 7.31. The highest BCUT2D eigenvalue weighted by atomic mass is 32.1. The van der Waals surface area contributed by atoms with E-state index >= 15 is 0 Å². The Morgan fingerprint density at radius 3 is 2.37 bits per heavy atom. The van der Waals surface area contributed by atoms with Gasteiger partial charge < -0.3 is 14.8 Å². The summed E-state index contributed by atoms with van der Waals surface area (Å²) in [6.45, 7) is 4.81. The molecule has 2 rings (SSSR count). The fourth-order valence-electron chi connectivity index (χ4n) is 2.14. The number of nitrogens with one attached hydrogen (secondary N) is 2. The van der Waals surface area contributed by atoms with Crippen LogP contribution >= 0.6 is 12.2 Å². The monoisotopic (exact) mass is 386 g/mol.